The number of hydrogen-bond donors (Lipinski definition) is 1. The Balaban J connectivity index is 1.97. The van der Waals surface area contributed by atoms with Crippen molar-refractivity contribution >= 4 is 5.78 Å². The molecule has 2 rings (SSSR count). The van der Waals surface area contributed by atoms with Crippen LogP contribution in [0.1, 0.15) is 44.0 Å². The zero-order valence-electron chi connectivity index (χ0n) is 10.7. The minimum absolute atomic E-state index is 0.205. The molecule has 0 aromatic carbocycles. The molecule has 1 aromatic rings. The van der Waals surface area contributed by atoms with Gasteiger partial charge in [0.25, 0.3) is 0 Å². The molecule has 4 nitrogen and oxygen atoms in total. The topological polar surface area (TPSA) is 60.9 Å². The summed E-state index contributed by atoms with van der Waals surface area (Å²) in [6.45, 7) is 4.80. The molecule has 0 aliphatic heterocycles. The van der Waals surface area contributed by atoms with Gasteiger partial charge in [0.2, 0.25) is 0 Å². The van der Waals surface area contributed by atoms with Crippen LogP contribution in [0.4, 0.5) is 0 Å². The van der Waals surface area contributed by atoms with E-state index in [1.807, 2.05) is 24.6 Å². The minimum Gasteiger partial charge on any atom is -0.325 e. The third kappa shape index (κ3) is 2.75. The Morgan fingerprint density at radius 3 is 2.82 bits per heavy atom. The maximum absolute atomic E-state index is 12.0. The highest BCUT2D eigenvalue weighted by atomic mass is 16.1. The second-order valence-electron chi connectivity index (χ2n) is 5.20. The summed E-state index contributed by atoms with van der Waals surface area (Å²) in [5.74, 6) is 0.238. The van der Waals surface area contributed by atoms with Gasteiger partial charge in [0, 0.05) is 30.6 Å². The van der Waals surface area contributed by atoms with Crippen molar-refractivity contribution in [1.29, 1.82) is 0 Å². The molecule has 0 bridgehead atoms. The molecule has 1 heterocycles. The minimum atomic E-state index is -0.205. The van der Waals surface area contributed by atoms with E-state index in [0.717, 1.165) is 37.2 Å². The van der Waals surface area contributed by atoms with E-state index < -0.39 is 0 Å². The van der Waals surface area contributed by atoms with E-state index in [9.17, 15) is 4.79 Å². The fourth-order valence-corrected chi connectivity index (χ4v) is 2.48. The summed E-state index contributed by atoms with van der Waals surface area (Å²) in [6.07, 6.45) is 4.12. The van der Waals surface area contributed by atoms with Crippen LogP contribution in [0.25, 0.3) is 0 Å². The van der Waals surface area contributed by atoms with Crippen LogP contribution >= 0.6 is 0 Å². The van der Waals surface area contributed by atoms with Crippen molar-refractivity contribution < 1.29 is 4.79 Å². The lowest BCUT2D eigenvalue weighted by Gasteiger charge is -2.37. The van der Waals surface area contributed by atoms with Gasteiger partial charge < -0.3 is 5.73 Å². The summed E-state index contributed by atoms with van der Waals surface area (Å²) in [4.78, 5) is 12.0. The van der Waals surface area contributed by atoms with Gasteiger partial charge in [-0.25, -0.2) is 0 Å². The van der Waals surface area contributed by atoms with Crippen molar-refractivity contribution in [3.8, 4) is 0 Å². The Morgan fingerprint density at radius 1 is 1.59 bits per heavy atom. The Morgan fingerprint density at radius 2 is 2.29 bits per heavy atom. The predicted molar refractivity (Wildman–Crippen MR) is 66.7 cm³/mol. The number of rotatable bonds is 5. The summed E-state index contributed by atoms with van der Waals surface area (Å²) in [7, 11) is 0. The summed E-state index contributed by atoms with van der Waals surface area (Å²) in [6, 6.07) is 1.99. The monoisotopic (exact) mass is 235 g/mol. The predicted octanol–water partition coefficient (Wildman–Crippen LogP) is 1.59. The lowest BCUT2D eigenvalue weighted by Crippen LogP contribution is -2.48. The smallest absolute Gasteiger partial charge is 0.140 e. The molecule has 1 saturated carbocycles. The van der Waals surface area contributed by atoms with E-state index in [-0.39, 0.29) is 11.3 Å². The van der Waals surface area contributed by atoms with Gasteiger partial charge in [-0.2, -0.15) is 5.10 Å². The van der Waals surface area contributed by atoms with Crippen molar-refractivity contribution in [3.63, 3.8) is 0 Å². The Kier molecular flexibility index (Phi) is 3.33. The number of carbonyl (C=O) groups is 1. The summed E-state index contributed by atoms with van der Waals surface area (Å²) in [5, 5.41) is 4.35. The molecule has 2 N–H and O–H groups in total. The average molecular weight is 235 g/mol. The summed E-state index contributed by atoms with van der Waals surface area (Å²) >= 11 is 0. The van der Waals surface area contributed by atoms with E-state index in [2.05, 4.69) is 5.10 Å². The molecule has 0 amide bonds. The molecule has 1 fully saturated rings. The Bertz CT molecular complexity index is 418. The molecule has 0 radical (unpaired) electrons. The first-order chi connectivity index (χ1) is 8.02. The molecule has 0 unspecified atom stereocenters. The van der Waals surface area contributed by atoms with E-state index in [0.29, 0.717) is 12.8 Å². The van der Waals surface area contributed by atoms with E-state index in [1.54, 1.807) is 0 Å². The van der Waals surface area contributed by atoms with Crippen LogP contribution in [0.5, 0.6) is 0 Å². The number of aromatic nitrogens is 2. The highest BCUT2D eigenvalue weighted by Gasteiger charge is 2.34. The molecule has 0 atom stereocenters. The van der Waals surface area contributed by atoms with Crippen molar-refractivity contribution in [2.24, 2.45) is 5.73 Å². The number of nitrogens with two attached hydrogens (primary N) is 1. The number of hydrogen-bond acceptors (Lipinski definition) is 3. The number of aryl methyl sites for hydroxylation is 2. The molecule has 0 saturated heterocycles. The SMILES string of the molecule is CCn1nc(C)cc1CC(=O)CC1(N)CCC1. The number of carbonyl (C=O) groups excluding carboxylic acids is 1. The zero-order valence-corrected chi connectivity index (χ0v) is 10.7. The molecule has 1 aliphatic carbocycles. The van der Waals surface area contributed by atoms with E-state index >= 15 is 0 Å². The second-order valence-corrected chi connectivity index (χ2v) is 5.20. The van der Waals surface area contributed by atoms with Crippen molar-refractivity contribution in [3.05, 3.63) is 17.5 Å². The Labute approximate surface area is 102 Å². The van der Waals surface area contributed by atoms with Gasteiger partial charge in [0.1, 0.15) is 5.78 Å². The molecular formula is C13H21N3O. The van der Waals surface area contributed by atoms with Crippen molar-refractivity contribution in [2.45, 2.75) is 58.0 Å². The van der Waals surface area contributed by atoms with Crippen LogP contribution in [0.3, 0.4) is 0 Å². The lowest BCUT2D eigenvalue weighted by molar-refractivity contribution is -0.120. The standard InChI is InChI=1S/C13H21N3O/c1-3-16-11(7-10(2)15-16)8-12(17)9-13(14)5-4-6-13/h7H,3-6,8-9,14H2,1-2H3. The summed E-state index contributed by atoms with van der Waals surface area (Å²) in [5.41, 5.74) is 7.87. The normalized spacial score (nSPS) is 17.8. The van der Waals surface area contributed by atoms with Gasteiger partial charge in [0.15, 0.2) is 0 Å². The van der Waals surface area contributed by atoms with Crippen LogP contribution < -0.4 is 5.73 Å². The largest absolute Gasteiger partial charge is 0.325 e. The van der Waals surface area contributed by atoms with Gasteiger partial charge in [-0.05, 0) is 39.2 Å². The maximum atomic E-state index is 12.0. The van der Waals surface area contributed by atoms with E-state index in [1.165, 1.54) is 0 Å². The summed E-state index contributed by atoms with van der Waals surface area (Å²) < 4.78 is 1.90. The first-order valence-electron chi connectivity index (χ1n) is 6.36. The van der Waals surface area contributed by atoms with Crippen LogP contribution in [0, 0.1) is 6.92 Å². The highest BCUT2D eigenvalue weighted by Crippen LogP contribution is 2.32. The first kappa shape index (κ1) is 12.3. The van der Waals surface area contributed by atoms with E-state index in [4.69, 9.17) is 5.73 Å². The molecule has 94 valence electrons. The number of nitrogens with zero attached hydrogens (tertiary/aromatic N) is 2. The van der Waals surface area contributed by atoms with Crippen LogP contribution in [0.15, 0.2) is 6.07 Å². The Hall–Kier alpha value is -1.16. The van der Waals surface area contributed by atoms with Gasteiger partial charge in [0.05, 0.1) is 5.69 Å². The third-order valence-corrected chi connectivity index (χ3v) is 3.56. The fourth-order valence-electron chi connectivity index (χ4n) is 2.48. The van der Waals surface area contributed by atoms with Crippen molar-refractivity contribution in [1.82, 2.24) is 9.78 Å². The molecule has 0 spiro atoms. The van der Waals surface area contributed by atoms with Gasteiger partial charge in [-0.15, -0.1) is 0 Å². The molecular weight excluding hydrogens is 214 g/mol. The van der Waals surface area contributed by atoms with Gasteiger partial charge >= 0.3 is 0 Å². The average Bonchev–Trinajstić information content (AvgIpc) is 2.56. The second kappa shape index (κ2) is 4.61. The molecule has 1 aliphatic rings. The maximum Gasteiger partial charge on any atom is 0.140 e. The van der Waals surface area contributed by atoms with Crippen molar-refractivity contribution in [2.75, 3.05) is 0 Å². The van der Waals surface area contributed by atoms with Crippen LogP contribution in [-0.4, -0.2) is 21.1 Å². The van der Waals surface area contributed by atoms with Crippen LogP contribution in [0.2, 0.25) is 0 Å². The quantitative estimate of drug-likeness (QED) is 0.843. The van der Waals surface area contributed by atoms with Gasteiger partial charge in [-0.3, -0.25) is 9.48 Å². The molecule has 17 heavy (non-hydrogen) atoms. The first-order valence-corrected chi connectivity index (χ1v) is 6.36. The lowest BCUT2D eigenvalue weighted by atomic mass is 9.74. The molecule has 1 aromatic heterocycles. The fraction of sp³-hybridized carbons (Fsp3) is 0.692. The molecule has 4 heteroatoms. The van der Waals surface area contributed by atoms with Crippen LogP contribution in [-0.2, 0) is 17.8 Å². The number of Topliss-reactive ketones (excluding diaryl/α,β-unsaturated/α-hetero) is 1. The van der Waals surface area contributed by atoms with Gasteiger partial charge in [-0.1, -0.05) is 0 Å². The zero-order chi connectivity index (χ0) is 12.5. The highest BCUT2D eigenvalue weighted by molar-refractivity contribution is 5.81. The number of ketones is 1. The third-order valence-electron chi connectivity index (χ3n) is 3.56.